The fraction of sp³-hybridized carbons (Fsp3) is 0.421. The van der Waals surface area contributed by atoms with E-state index in [1.54, 1.807) is 4.57 Å². The van der Waals surface area contributed by atoms with E-state index in [2.05, 4.69) is 4.98 Å². The molecule has 0 N–H and O–H groups in total. The summed E-state index contributed by atoms with van der Waals surface area (Å²) in [5.74, 6) is 0.331. The first-order valence-corrected chi connectivity index (χ1v) is 10.4. The molecule has 0 aliphatic rings. The Hall–Kier alpha value is -1.86. The number of nitrogens with zero attached hydrogens (tertiary/aromatic N) is 3. The molecule has 0 atom stereocenters. The van der Waals surface area contributed by atoms with E-state index in [-0.39, 0.29) is 17.1 Å². The van der Waals surface area contributed by atoms with Crippen LogP contribution in [0.4, 0.5) is 0 Å². The fourth-order valence-corrected chi connectivity index (χ4v) is 5.06. The molecule has 26 heavy (non-hydrogen) atoms. The zero-order valence-corrected chi connectivity index (χ0v) is 17.6. The Morgan fingerprint density at radius 3 is 2.54 bits per heavy atom. The quantitative estimate of drug-likeness (QED) is 0.376. The Morgan fingerprint density at radius 2 is 1.96 bits per heavy atom. The van der Waals surface area contributed by atoms with Gasteiger partial charge in [0.2, 0.25) is 0 Å². The van der Waals surface area contributed by atoms with Gasteiger partial charge in [0.15, 0.2) is 10.9 Å². The Labute approximate surface area is 161 Å². The minimum absolute atomic E-state index is 0.0129. The lowest BCUT2D eigenvalue weighted by molar-refractivity contribution is 0.102. The van der Waals surface area contributed by atoms with Crippen molar-refractivity contribution < 1.29 is 4.79 Å². The summed E-state index contributed by atoms with van der Waals surface area (Å²) in [4.78, 5) is 32.1. The van der Waals surface area contributed by atoms with Crippen LogP contribution in [0.1, 0.15) is 39.1 Å². The van der Waals surface area contributed by atoms with Crippen molar-refractivity contribution in [1.29, 1.82) is 0 Å². The number of thioether (sulfide) groups is 1. The van der Waals surface area contributed by atoms with Crippen molar-refractivity contribution in [2.24, 2.45) is 7.05 Å². The van der Waals surface area contributed by atoms with Crippen LogP contribution < -0.4 is 5.56 Å². The first kappa shape index (κ1) is 18.9. The molecule has 3 rings (SSSR count). The van der Waals surface area contributed by atoms with Gasteiger partial charge in [-0.2, -0.15) is 0 Å². The molecule has 138 valence electrons. The fourth-order valence-electron chi connectivity index (χ4n) is 3.04. The third kappa shape index (κ3) is 3.03. The lowest BCUT2D eigenvalue weighted by atomic mass is 10.2. The molecular formula is C19H23N3O2S2. The van der Waals surface area contributed by atoms with Gasteiger partial charge < -0.3 is 4.57 Å². The van der Waals surface area contributed by atoms with E-state index in [1.807, 2.05) is 52.3 Å². The predicted octanol–water partition coefficient (Wildman–Crippen LogP) is 4.03. The molecule has 0 fully saturated rings. The average Bonchev–Trinajstić information content (AvgIpc) is 3.03. The molecule has 0 radical (unpaired) electrons. The van der Waals surface area contributed by atoms with Crippen molar-refractivity contribution in [2.75, 3.05) is 5.75 Å². The molecule has 0 aliphatic heterocycles. The van der Waals surface area contributed by atoms with Gasteiger partial charge in [-0.15, -0.1) is 11.3 Å². The Balaban J connectivity index is 1.95. The number of rotatable bonds is 5. The molecule has 0 amide bonds. The van der Waals surface area contributed by atoms with E-state index in [9.17, 15) is 9.59 Å². The van der Waals surface area contributed by atoms with Gasteiger partial charge in [0.05, 0.1) is 11.1 Å². The molecule has 0 aliphatic carbocycles. The van der Waals surface area contributed by atoms with Gasteiger partial charge in [-0.1, -0.05) is 11.8 Å². The van der Waals surface area contributed by atoms with Crippen LogP contribution in [0.3, 0.4) is 0 Å². The third-order valence-corrected chi connectivity index (χ3v) is 7.06. The molecule has 7 heteroatoms. The van der Waals surface area contributed by atoms with Crippen LogP contribution in [-0.4, -0.2) is 25.7 Å². The molecule has 0 bridgehead atoms. The first-order valence-electron chi connectivity index (χ1n) is 8.55. The summed E-state index contributed by atoms with van der Waals surface area (Å²) in [6, 6.07) is 1.92. The van der Waals surface area contributed by atoms with E-state index in [0.29, 0.717) is 17.1 Å². The second kappa shape index (κ2) is 7.04. The van der Waals surface area contributed by atoms with Gasteiger partial charge in [0.25, 0.3) is 5.56 Å². The first-order chi connectivity index (χ1) is 12.3. The zero-order chi connectivity index (χ0) is 19.2. The maximum absolute atomic E-state index is 12.9. The van der Waals surface area contributed by atoms with Gasteiger partial charge in [0, 0.05) is 35.4 Å². The number of fused-ring (bicyclic) bond motifs is 1. The van der Waals surface area contributed by atoms with E-state index in [4.69, 9.17) is 0 Å². The van der Waals surface area contributed by atoms with Gasteiger partial charge in [-0.3, -0.25) is 14.2 Å². The number of hydrogen-bond acceptors (Lipinski definition) is 5. The van der Waals surface area contributed by atoms with Gasteiger partial charge in [-0.25, -0.2) is 4.98 Å². The van der Waals surface area contributed by atoms with Crippen molar-refractivity contribution in [3.63, 3.8) is 0 Å². The number of carbonyl (C=O) groups is 1. The molecule has 0 saturated carbocycles. The van der Waals surface area contributed by atoms with Gasteiger partial charge in [-0.05, 0) is 46.2 Å². The number of aryl methyl sites for hydroxylation is 3. The summed E-state index contributed by atoms with van der Waals surface area (Å²) in [5, 5.41) is 1.32. The minimum atomic E-state index is -0.0129. The summed E-state index contributed by atoms with van der Waals surface area (Å²) >= 11 is 2.88. The summed E-state index contributed by atoms with van der Waals surface area (Å²) in [5.41, 5.74) is 3.76. The molecule has 3 aromatic rings. The molecule has 0 unspecified atom stereocenters. The molecule has 0 aromatic carbocycles. The van der Waals surface area contributed by atoms with Crippen LogP contribution in [0.25, 0.3) is 10.2 Å². The Kier molecular flexibility index (Phi) is 5.12. The topological polar surface area (TPSA) is 56.9 Å². The molecule has 0 spiro atoms. The van der Waals surface area contributed by atoms with Crippen molar-refractivity contribution in [3.8, 4) is 0 Å². The summed E-state index contributed by atoms with van der Waals surface area (Å²) in [6.45, 7) is 10.4. The summed E-state index contributed by atoms with van der Waals surface area (Å²) < 4.78 is 3.68. The van der Waals surface area contributed by atoms with E-state index < -0.39 is 0 Å². The summed E-state index contributed by atoms with van der Waals surface area (Å²) in [7, 11) is 1.96. The lowest BCUT2D eigenvalue weighted by Crippen LogP contribution is -2.22. The van der Waals surface area contributed by atoms with E-state index in [0.717, 1.165) is 32.2 Å². The molecular weight excluding hydrogens is 366 g/mol. The number of aromatic nitrogens is 3. The zero-order valence-electron chi connectivity index (χ0n) is 16.0. The van der Waals surface area contributed by atoms with Crippen molar-refractivity contribution in [2.45, 2.75) is 46.3 Å². The highest BCUT2D eigenvalue weighted by Gasteiger charge is 2.19. The Bertz CT molecular complexity index is 1070. The summed E-state index contributed by atoms with van der Waals surface area (Å²) in [6.07, 6.45) is 0. The SMILES string of the molecule is CCn1c(SCC(=O)c2cc(C)n(C)c2C)nc2sc(C)c(C)c2c1=O. The van der Waals surface area contributed by atoms with Crippen molar-refractivity contribution >= 4 is 39.1 Å². The van der Waals surface area contributed by atoms with Crippen molar-refractivity contribution in [1.82, 2.24) is 14.1 Å². The number of Topliss-reactive ketones (excluding diaryl/α,β-unsaturated/α-hetero) is 1. The van der Waals surface area contributed by atoms with Crippen LogP contribution in [0.2, 0.25) is 0 Å². The minimum Gasteiger partial charge on any atom is -0.351 e. The second-order valence-corrected chi connectivity index (χ2v) is 8.61. The normalized spacial score (nSPS) is 11.5. The highest BCUT2D eigenvalue weighted by Crippen LogP contribution is 2.28. The van der Waals surface area contributed by atoms with Crippen LogP contribution in [0.15, 0.2) is 16.0 Å². The van der Waals surface area contributed by atoms with Gasteiger partial charge in [0.1, 0.15) is 4.83 Å². The van der Waals surface area contributed by atoms with Crippen LogP contribution >= 0.6 is 23.1 Å². The molecule has 3 aromatic heterocycles. The maximum Gasteiger partial charge on any atom is 0.263 e. The smallest absolute Gasteiger partial charge is 0.263 e. The maximum atomic E-state index is 12.9. The average molecular weight is 390 g/mol. The second-order valence-electron chi connectivity index (χ2n) is 6.46. The van der Waals surface area contributed by atoms with Crippen LogP contribution in [0, 0.1) is 27.7 Å². The molecule has 3 heterocycles. The highest BCUT2D eigenvalue weighted by molar-refractivity contribution is 7.99. The van der Waals surface area contributed by atoms with Gasteiger partial charge >= 0.3 is 0 Å². The van der Waals surface area contributed by atoms with Crippen LogP contribution in [0.5, 0.6) is 0 Å². The monoisotopic (exact) mass is 389 g/mol. The number of hydrogen-bond donors (Lipinski definition) is 0. The standard InChI is InChI=1S/C19H23N3O2S2/c1-7-22-18(24)16-11(3)13(5)26-17(16)20-19(22)25-9-15(23)14-8-10(2)21(6)12(14)4/h8H,7,9H2,1-6H3. The third-order valence-electron chi connectivity index (χ3n) is 4.98. The Morgan fingerprint density at radius 1 is 1.27 bits per heavy atom. The molecule has 5 nitrogen and oxygen atoms in total. The van der Waals surface area contributed by atoms with Crippen LogP contribution in [-0.2, 0) is 13.6 Å². The predicted molar refractivity (Wildman–Crippen MR) is 109 cm³/mol. The largest absolute Gasteiger partial charge is 0.351 e. The number of carbonyl (C=O) groups excluding carboxylic acids is 1. The van der Waals surface area contributed by atoms with Crippen molar-refractivity contribution in [3.05, 3.63) is 43.8 Å². The highest BCUT2D eigenvalue weighted by atomic mass is 32.2. The van der Waals surface area contributed by atoms with E-state index in [1.165, 1.54) is 23.1 Å². The molecule has 0 saturated heterocycles. The lowest BCUT2D eigenvalue weighted by Gasteiger charge is -2.09. The van der Waals surface area contributed by atoms with E-state index >= 15 is 0 Å². The number of ketones is 1. The number of thiophene rings is 1.